The summed E-state index contributed by atoms with van der Waals surface area (Å²) in [6.07, 6.45) is 1.20. The molecule has 4 aromatic rings. The molecule has 2 heterocycles. The van der Waals surface area contributed by atoms with E-state index in [1.165, 1.54) is 23.0 Å². The molecule has 11 heteroatoms. The number of esters is 1. The van der Waals surface area contributed by atoms with Crippen molar-refractivity contribution in [2.45, 2.75) is 0 Å². The summed E-state index contributed by atoms with van der Waals surface area (Å²) in [5, 5.41) is 20.1. The topological polar surface area (TPSA) is 129 Å². The Morgan fingerprint density at radius 1 is 1.13 bits per heavy atom. The molecule has 0 saturated heterocycles. The summed E-state index contributed by atoms with van der Waals surface area (Å²) in [6.45, 7) is 0. The summed E-state index contributed by atoms with van der Waals surface area (Å²) in [6, 6.07) is 13.6. The van der Waals surface area contributed by atoms with Crippen molar-refractivity contribution in [2.75, 3.05) is 19.1 Å². The Morgan fingerprint density at radius 3 is 2.63 bits per heavy atom. The molecule has 0 spiro atoms. The van der Waals surface area contributed by atoms with Crippen LogP contribution in [0.25, 0.3) is 16.9 Å². The van der Waals surface area contributed by atoms with Crippen LogP contribution in [0.5, 0.6) is 0 Å². The molecule has 11 nitrogen and oxygen atoms in total. The lowest BCUT2D eigenvalue weighted by molar-refractivity contribution is -0.384. The third kappa shape index (κ3) is 3.07. The van der Waals surface area contributed by atoms with Crippen LogP contribution in [-0.2, 0) is 4.74 Å². The van der Waals surface area contributed by atoms with Gasteiger partial charge in [0.15, 0.2) is 0 Å². The Balaban J connectivity index is 1.92. The van der Waals surface area contributed by atoms with Gasteiger partial charge >= 0.3 is 11.7 Å². The van der Waals surface area contributed by atoms with Gasteiger partial charge in [0, 0.05) is 7.05 Å². The second kappa shape index (κ2) is 7.54. The van der Waals surface area contributed by atoms with Crippen LogP contribution in [0.3, 0.4) is 0 Å². The van der Waals surface area contributed by atoms with Crippen molar-refractivity contribution in [1.29, 1.82) is 0 Å². The first-order valence-electron chi connectivity index (χ1n) is 8.74. The van der Waals surface area contributed by atoms with Gasteiger partial charge in [-0.2, -0.15) is 4.68 Å². The van der Waals surface area contributed by atoms with E-state index in [1.807, 2.05) is 0 Å². The van der Waals surface area contributed by atoms with Crippen LogP contribution < -0.4 is 4.90 Å². The molecule has 0 aliphatic carbocycles. The molecular weight excluding hydrogens is 390 g/mol. The zero-order chi connectivity index (χ0) is 21.3. The summed E-state index contributed by atoms with van der Waals surface area (Å²) in [7, 11) is 2.83. The highest BCUT2D eigenvalue weighted by Gasteiger charge is 2.30. The van der Waals surface area contributed by atoms with Gasteiger partial charge in [-0.1, -0.05) is 29.5 Å². The van der Waals surface area contributed by atoms with Crippen LogP contribution >= 0.6 is 0 Å². The average Bonchev–Trinajstić information content (AvgIpc) is 3.21. The minimum absolute atomic E-state index is 0.0130. The number of nitrogens with zero attached hydrogens (tertiary/aromatic N) is 7. The van der Waals surface area contributed by atoms with Crippen LogP contribution in [0.1, 0.15) is 10.4 Å². The SMILES string of the molecule is COC(=O)c1ccccc1N(C)c1ncnc(-n2nnc3ccccc32)c1[N+](=O)[O-]. The molecule has 0 unspecified atom stereocenters. The van der Waals surface area contributed by atoms with E-state index in [1.54, 1.807) is 55.6 Å². The normalized spacial score (nSPS) is 10.7. The number of ether oxygens (including phenoxy) is 1. The number of rotatable bonds is 5. The molecule has 2 aromatic heterocycles. The maximum absolute atomic E-state index is 12.2. The molecule has 0 aliphatic heterocycles. The largest absolute Gasteiger partial charge is 0.465 e. The van der Waals surface area contributed by atoms with Crippen molar-refractivity contribution in [1.82, 2.24) is 25.0 Å². The van der Waals surface area contributed by atoms with Gasteiger partial charge in [-0.15, -0.1) is 5.10 Å². The van der Waals surface area contributed by atoms with E-state index in [0.717, 1.165) is 0 Å². The van der Waals surface area contributed by atoms with Gasteiger partial charge in [0.25, 0.3) is 0 Å². The Labute approximate surface area is 169 Å². The number of carbonyl (C=O) groups is 1. The zero-order valence-corrected chi connectivity index (χ0v) is 16.0. The maximum Gasteiger partial charge on any atom is 0.356 e. The number of methoxy groups -OCH3 is 1. The quantitative estimate of drug-likeness (QED) is 0.279. The molecule has 150 valence electrons. The lowest BCUT2D eigenvalue weighted by atomic mass is 10.1. The molecule has 4 rings (SSSR count). The monoisotopic (exact) mass is 405 g/mol. The summed E-state index contributed by atoms with van der Waals surface area (Å²) in [5.74, 6) is -0.626. The lowest BCUT2D eigenvalue weighted by Crippen LogP contribution is -2.19. The number of hydrogen-bond acceptors (Lipinski definition) is 9. The van der Waals surface area contributed by atoms with E-state index in [9.17, 15) is 14.9 Å². The summed E-state index contributed by atoms with van der Waals surface area (Å²) in [4.78, 5) is 33.2. The Hall–Kier alpha value is -4.41. The highest BCUT2D eigenvalue weighted by molar-refractivity contribution is 5.97. The predicted octanol–water partition coefficient (Wildman–Crippen LogP) is 2.67. The summed E-state index contributed by atoms with van der Waals surface area (Å²) < 4.78 is 6.11. The smallest absolute Gasteiger partial charge is 0.356 e. The van der Waals surface area contributed by atoms with Crippen molar-refractivity contribution in [3.8, 4) is 5.82 Å². The molecule has 0 atom stereocenters. The fourth-order valence-corrected chi connectivity index (χ4v) is 3.11. The van der Waals surface area contributed by atoms with E-state index in [-0.39, 0.29) is 22.9 Å². The molecule has 2 aromatic carbocycles. The fraction of sp³-hybridized carbons (Fsp3) is 0.105. The Morgan fingerprint density at radius 2 is 1.87 bits per heavy atom. The van der Waals surface area contributed by atoms with Crippen molar-refractivity contribution in [2.24, 2.45) is 0 Å². The number of anilines is 2. The zero-order valence-electron chi connectivity index (χ0n) is 16.0. The average molecular weight is 405 g/mol. The Bertz CT molecular complexity index is 1270. The molecule has 0 saturated carbocycles. The highest BCUT2D eigenvalue weighted by atomic mass is 16.6. The highest BCUT2D eigenvalue weighted by Crippen LogP contribution is 2.35. The van der Waals surface area contributed by atoms with E-state index in [2.05, 4.69) is 20.3 Å². The summed E-state index contributed by atoms with van der Waals surface area (Å²) >= 11 is 0. The van der Waals surface area contributed by atoms with Crippen LogP contribution in [-0.4, -0.2) is 50.0 Å². The first-order valence-corrected chi connectivity index (χ1v) is 8.74. The molecular formula is C19H15N7O4. The standard InChI is InChI=1S/C19H15N7O4/c1-24(14-9-5-3-7-12(14)19(27)30-2)17-16(26(28)29)18(21-11-20-17)25-15-10-6-4-8-13(15)22-23-25/h3-11H,1-2H3. The van der Waals surface area contributed by atoms with Crippen molar-refractivity contribution >= 4 is 34.2 Å². The third-order valence-electron chi connectivity index (χ3n) is 4.51. The van der Waals surface area contributed by atoms with E-state index >= 15 is 0 Å². The molecule has 0 aliphatic rings. The third-order valence-corrected chi connectivity index (χ3v) is 4.51. The number of aromatic nitrogens is 5. The van der Waals surface area contributed by atoms with Gasteiger partial charge in [0.05, 0.1) is 28.8 Å². The number of fused-ring (bicyclic) bond motifs is 1. The number of hydrogen-bond donors (Lipinski definition) is 0. The lowest BCUT2D eigenvalue weighted by Gasteiger charge is -2.20. The second-order valence-corrected chi connectivity index (χ2v) is 6.18. The number of carbonyl (C=O) groups excluding carboxylic acids is 1. The van der Waals surface area contributed by atoms with E-state index in [4.69, 9.17) is 4.74 Å². The van der Waals surface area contributed by atoms with Crippen LogP contribution in [0.2, 0.25) is 0 Å². The van der Waals surface area contributed by atoms with Gasteiger partial charge in [-0.25, -0.2) is 14.8 Å². The van der Waals surface area contributed by atoms with E-state index < -0.39 is 10.9 Å². The molecule has 0 N–H and O–H groups in total. The first kappa shape index (κ1) is 18.9. The van der Waals surface area contributed by atoms with Crippen LogP contribution in [0, 0.1) is 10.1 Å². The van der Waals surface area contributed by atoms with Crippen molar-refractivity contribution in [3.05, 3.63) is 70.5 Å². The van der Waals surface area contributed by atoms with Crippen molar-refractivity contribution < 1.29 is 14.5 Å². The summed E-state index contributed by atoms with van der Waals surface area (Å²) in [5.41, 5.74) is 1.37. The minimum atomic E-state index is -0.585. The number of para-hydroxylation sites is 2. The van der Waals surface area contributed by atoms with Crippen LogP contribution in [0.4, 0.5) is 17.2 Å². The van der Waals surface area contributed by atoms with Gasteiger partial charge in [-0.05, 0) is 24.3 Å². The maximum atomic E-state index is 12.2. The number of nitro groups is 1. The van der Waals surface area contributed by atoms with Crippen molar-refractivity contribution in [3.63, 3.8) is 0 Å². The molecule has 0 fully saturated rings. The Kier molecular flexibility index (Phi) is 4.76. The van der Waals surface area contributed by atoms with Gasteiger partial charge < -0.3 is 9.64 Å². The predicted molar refractivity (Wildman–Crippen MR) is 107 cm³/mol. The van der Waals surface area contributed by atoms with Gasteiger partial charge in [0.1, 0.15) is 11.8 Å². The number of benzene rings is 2. The molecule has 30 heavy (non-hydrogen) atoms. The van der Waals surface area contributed by atoms with E-state index in [0.29, 0.717) is 16.7 Å². The first-order chi connectivity index (χ1) is 14.5. The fourth-order valence-electron chi connectivity index (χ4n) is 3.11. The molecule has 0 bridgehead atoms. The molecule has 0 radical (unpaired) electrons. The van der Waals surface area contributed by atoms with Gasteiger partial charge in [-0.3, -0.25) is 10.1 Å². The molecule has 0 amide bonds. The van der Waals surface area contributed by atoms with Crippen LogP contribution in [0.15, 0.2) is 54.9 Å². The minimum Gasteiger partial charge on any atom is -0.465 e. The van der Waals surface area contributed by atoms with Gasteiger partial charge in [0.2, 0.25) is 11.6 Å². The second-order valence-electron chi connectivity index (χ2n) is 6.18.